The van der Waals surface area contributed by atoms with E-state index in [2.05, 4.69) is 32.5 Å². The first-order valence-corrected chi connectivity index (χ1v) is 9.62. The molecular weight excluding hydrogens is 386 g/mol. The minimum atomic E-state index is 0.585. The second-order valence-corrected chi connectivity index (χ2v) is 7.31. The van der Waals surface area contributed by atoms with Gasteiger partial charge in [0.15, 0.2) is 5.82 Å². The van der Waals surface area contributed by atoms with Gasteiger partial charge in [0, 0.05) is 25.1 Å². The molecule has 144 valence electrons. The molecule has 0 aliphatic heterocycles. The third kappa shape index (κ3) is 3.40. The fraction of sp³-hybridized carbons (Fsp3) is 0.143. The van der Waals surface area contributed by atoms with Gasteiger partial charge in [-0.3, -0.25) is 14.5 Å². The maximum Gasteiger partial charge on any atom is 0.184 e. The Morgan fingerprint density at radius 1 is 1.07 bits per heavy atom. The topological polar surface area (TPSA) is 77.2 Å². The van der Waals surface area contributed by atoms with E-state index < -0.39 is 0 Å². The van der Waals surface area contributed by atoms with Gasteiger partial charge in [-0.2, -0.15) is 15.3 Å². The van der Waals surface area contributed by atoms with Crippen molar-refractivity contribution in [2.24, 2.45) is 7.05 Å². The number of fused-ring (bicyclic) bond motifs is 1. The molecule has 1 N–H and O–H groups in total. The predicted molar refractivity (Wildman–Crippen MR) is 112 cm³/mol. The zero-order chi connectivity index (χ0) is 19.8. The van der Waals surface area contributed by atoms with Crippen molar-refractivity contribution in [3.05, 3.63) is 83.0 Å². The summed E-state index contributed by atoms with van der Waals surface area (Å²) in [7, 11) is 1.89. The Kier molecular flexibility index (Phi) is 4.37. The lowest BCUT2D eigenvalue weighted by atomic mass is 10.1. The molecule has 7 nitrogen and oxygen atoms in total. The zero-order valence-electron chi connectivity index (χ0n) is 15.7. The summed E-state index contributed by atoms with van der Waals surface area (Å²) in [5, 5.41) is 17.6. The van der Waals surface area contributed by atoms with Crippen molar-refractivity contribution in [1.29, 1.82) is 0 Å². The Hall–Kier alpha value is -3.45. The maximum atomic E-state index is 6.56. The van der Waals surface area contributed by atoms with Crippen molar-refractivity contribution in [3.8, 4) is 11.4 Å². The van der Waals surface area contributed by atoms with Gasteiger partial charge in [-0.05, 0) is 17.2 Å². The number of hydrogen-bond donors (Lipinski definition) is 1. The molecule has 0 aliphatic rings. The number of benzene rings is 2. The summed E-state index contributed by atoms with van der Waals surface area (Å²) < 4.78 is 3.68. The quantitative estimate of drug-likeness (QED) is 0.483. The van der Waals surface area contributed by atoms with E-state index in [0.29, 0.717) is 23.8 Å². The Balaban J connectivity index is 1.39. The molecular formula is C21H18ClN7. The van der Waals surface area contributed by atoms with Crippen LogP contribution in [-0.2, 0) is 20.0 Å². The predicted octanol–water partition coefficient (Wildman–Crippen LogP) is 3.85. The van der Waals surface area contributed by atoms with Crippen LogP contribution in [0.5, 0.6) is 0 Å². The number of rotatable bonds is 5. The number of H-pyrrole nitrogens is 1. The summed E-state index contributed by atoms with van der Waals surface area (Å²) in [5.41, 5.74) is 3.99. The van der Waals surface area contributed by atoms with Crippen molar-refractivity contribution < 1.29 is 0 Å². The van der Waals surface area contributed by atoms with Crippen LogP contribution >= 0.6 is 11.6 Å². The molecule has 0 fully saturated rings. The molecule has 0 radical (unpaired) electrons. The lowest BCUT2D eigenvalue weighted by Gasteiger charge is -2.04. The summed E-state index contributed by atoms with van der Waals surface area (Å²) in [6, 6.07) is 14.2. The molecule has 0 unspecified atom stereocenters. The molecule has 0 saturated heterocycles. The normalized spacial score (nSPS) is 11.4. The Labute approximate surface area is 172 Å². The van der Waals surface area contributed by atoms with Gasteiger partial charge in [0.25, 0.3) is 0 Å². The van der Waals surface area contributed by atoms with Crippen molar-refractivity contribution in [1.82, 2.24) is 34.7 Å². The molecule has 2 aromatic carbocycles. The second kappa shape index (κ2) is 7.18. The highest BCUT2D eigenvalue weighted by Gasteiger charge is 2.14. The van der Waals surface area contributed by atoms with Crippen LogP contribution in [-0.4, -0.2) is 34.7 Å². The van der Waals surface area contributed by atoms with Crippen molar-refractivity contribution in [2.45, 2.75) is 13.0 Å². The van der Waals surface area contributed by atoms with Gasteiger partial charge in [0.05, 0.1) is 35.0 Å². The zero-order valence-corrected chi connectivity index (χ0v) is 16.5. The van der Waals surface area contributed by atoms with Crippen LogP contribution in [0.25, 0.3) is 22.3 Å². The van der Waals surface area contributed by atoms with E-state index in [0.717, 1.165) is 27.9 Å². The van der Waals surface area contributed by atoms with Crippen molar-refractivity contribution >= 4 is 22.5 Å². The highest BCUT2D eigenvalue weighted by atomic mass is 35.5. The van der Waals surface area contributed by atoms with Gasteiger partial charge in [-0.15, -0.1) is 0 Å². The second-order valence-electron chi connectivity index (χ2n) is 6.93. The Bertz CT molecular complexity index is 1280. The molecule has 3 heterocycles. The van der Waals surface area contributed by atoms with E-state index in [-0.39, 0.29) is 0 Å². The summed E-state index contributed by atoms with van der Waals surface area (Å²) in [6.07, 6.45) is 6.09. The lowest BCUT2D eigenvalue weighted by Crippen LogP contribution is -2.01. The van der Waals surface area contributed by atoms with E-state index in [4.69, 9.17) is 16.6 Å². The molecule has 8 heteroatoms. The number of nitrogens with zero attached hydrogens (tertiary/aromatic N) is 6. The van der Waals surface area contributed by atoms with E-state index in [1.807, 2.05) is 48.3 Å². The van der Waals surface area contributed by atoms with Crippen molar-refractivity contribution in [2.75, 3.05) is 0 Å². The highest BCUT2D eigenvalue weighted by molar-refractivity contribution is 6.36. The smallest absolute Gasteiger partial charge is 0.184 e. The first-order valence-electron chi connectivity index (χ1n) is 9.24. The highest BCUT2D eigenvalue weighted by Crippen LogP contribution is 2.27. The molecule has 0 amide bonds. The van der Waals surface area contributed by atoms with E-state index in [9.17, 15) is 0 Å². The average Bonchev–Trinajstić information content (AvgIpc) is 3.46. The lowest BCUT2D eigenvalue weighted by molar-refractivity contribution is 0.687. The molecule has 29 heavy (non-hydrogen) atoms. The number of halogens is 1. The molecule has 0 atom stereocenters. The number of aryl methyl sites for hydroxylation is 1. The fourth-order valence-corrected chi connectivity index (χ4v) is 3.64. The SMILES string of the molecule is Cn1nc(-c2cnn(Cc3ccccc3)c2)nc1Cc1ccc2[nH]ncc2c1Cl. The van der Waals surface area contributed by atoms with Crippen LogP contribution < -0.4 is 0 Å². The van der Waals surface area contributed by atoms with Crippen LogP contribution in [0.3, 0.4) is 0 Å². The summed E-state index contributed by atoms with van der Waals surface area (Å²) in [4.78, 5) is 4.72. The molecule has 0 saturated carbocycles. The van der Waals surface area contributed by atoms with Crippen LogP contribution in [0, 0.1) is 0 Å². The monoisotopic (exact) mass is 403 g/mol. The van der Waals surface area contributed by atoms with Gasteiger partial charge in [0.2, 0.25) is 0 Å². The Morgan fingerprint density at radius 3 is 2.79 bits per heavy atom. The molecule has 0 bridgehead atoms. The van der Waals surface area contributed by atoms with Crippen LogP contribution in [0.1, 0.15) is 17.0 Å². The first-order chi connectivity index (χ1) is 14.2. The van der Waals surface area contributed by atoms with Gasteiger partial charge >= 0.3 is 0 Å². The summed E-state index contributed by atoms with van der Waals surface area (Å²) in [5.74, 6) is 1.49. The van der Waals surface area contributed by atoms with E-state index in [1.54, 1.807) is 17.1 Å². The Morgan fingerprint density at radius 2 is 1.93 bits per heavy atom. The van der Waals surface area contributed by atoms with E-state index >= 15 is 0 Å². The molecule has 5 rings (SSSR count). The first kappa shape index (κ1) is 17.6. The standard InChI is InChI=1S/C21H18ClN7/c1-28-19(9-15-7-8-18-17(20(15)22)11-23-26-18)25-21(27-28)16-10-24-29(13-16)12-14-5-3-2-4-6-14/h2-8,10-11,13H,9,12H2,1H3,(H,23,26). The van der Waals surface area contributed by atoms with E-state index in [1.165, 1.54) is 5.56 Å². The largest absolute Gasteiger partial charge is 0.278 e. The number of aromatic nitrogens is 7. The molecule has 0 aliphatic carbocycles. The van der Waals surface area contributed by atoms with Gasteiger partial charge in [-0.1, -0.05) is 48.0 Å². The average molecular weight is 404 g/mol. The van der Waals surface area contributed by atoms with Crippen LogP contribution in [0.15, 0.2) is 61.1 Å². The molecule has 5 aromatic rings. The number of hydrogen-bond acceptors (Lipinski definition) is 4. The number of nitrogens with one attached hydrogen (secondary N) is 1. The third-order valence-corrected chi connectivity index (χ3v) is 5.37. The summed E-state index contributed by atoms with van der Waals surface area (Å²) in [6.45, 7) is 0.709. The number of aromatic amines is 1. The van der Waals surface area contributed by atoms with Gasteiger partial charge in [-0.25, -0.2) is 4.98 Å². The van der Waals surface area contributed by atoms with Gasteiger partial charge < -0.3 is 0 Å². The van der Waals surface area contributed by atoms with Crippen LogP contribution in [0.2, 0.25) is 5.02 Å². The third-order valence-electron chi connectivity index (χ3n) is 4.92. The maximum absolute atomic E-state index is 6.56. The van der Waals surface area contributed by atoms with Crippen molar-refractivity contribution in [3.63, 3.8) is 0 Å². The minimum absolute atomic E-state index is 0.585. The minimum Gasteiger partial charge on any atom is -0.278 e. The molecule has 0 spiro atoms. The fourth-order valence-electron chi connectivity index (χ4n) is 3.36. The summed E-state index contributed by atoms with van der Waals surface area (Å²) >= 11 is 6.56. The van der Waals surface area contributed by atoms with Gasteiger partial charge in [0.1, 0.15) is 5.82 Å². The molecule has 3 aromatic heterocycles. The van der Waals surface area contributed by atoms with Crippen LogP contribution in [0.4, 0.5) is 0 Å².